The van der Waals surface area contributed by atoms with E-state index in [1.807, 2.05) is 0 Å². The van der Waals surface area contributed by atoms with E-state index >= 15 is 0 Å². The molecule has 2 aromatic rings. The highest BCUT2D eigenvalue weighted by atomic mass is 32.2. The van der Waals surface area contributed by atoms with E-state index in [0.29, 0.717) is 32.8 Å². The molecule has 1 saturated heterocycles. The third-order valence-corrected chi connectivity index (χ3v) is 6.65. The van der Waals surface area contributed by atoms with Crippen LogP contribution in [0.3, 0.4) is 0 Å². The Labute approximate surface area is 194 Å². The number of hydrogen-bond acceptors (Lipinski definition) is 7. The minimum atomic E-state index is -0.419. The molecule has 8 nitrogen and oxygen atoms in total. The highest BCUT2D eigenvalue weighted by Crippen LogP contribution is 2.44. The summed E-state index contributed by atoms with van der Waals surface area (Å²) >= 11 is 6.30. The van der Waals surface area contributed by atoms with Crippen LogP contribution in [0.15, 0.2) is 47.4 Å². The fraction of sp³-hybridized carbons (Fsp3) is 0.182. The van der Waals surface area contributed by atoms with E-state index < -0.39 is 11.8 Å². The van der Waals surface area contributed by atoms with Gasteiger partial charge in [0.1, 0.15) is 22.4 Å². The van der Waals surface area contributed by atoms with Crippen molar-refractivity contribution in [3.05, 3.63) is 52.9 Å². The number of fused-ring (bicyclic) bond motifs is 1. The fourth-order valence-corrected chi connectivity index (χ4v) is 4.74. The van der Waals surface area contributed by atoms with Crippen molar-refractivity contribution in [2.45, 2.75) is 0 Å². The first-order valence-corrected chi connectivity index (χ1v) is 10.8. The van der Waals surface area contributed by atoms with Gasteiger partial charge in [0, 0.05) is 18.7 Å². The molecule has 0 saturated carbocycles. The number of carbonyl (C=O) groups excluding carboxylic acids is 3. The number of carbonyl (C=O) groups is 3. The summed E-state index contributed by atoms with van der Waals surface area (Å²) in [5.41, 5.74) is 1.87. The summed E-state index contributed by atoms with van der Waals surface area (Å²) in [5.74, 6) is -0.148. The molecule has 2 heterocycles. The molecule has 10 heteroatoms. The predicted molar refractivity (Wildman–Crippen MR) is 127 cm³/mol. The van der Waals surface area contributed by atoms with Crippen molar-refractivity contribution < 1.29 is 23.9 Å². The van der Waals surface area contributed by atoms with E-state index in [1.54, 1.807) is 49.5 Å². The molecule has 3 amide bonds. The number of amides is 3. The molecule has 0 unspecified atom stereocenters. The van der Waals surface area contributed by atoms with Crippen LogP contribution in [0.5, 0.6) is 11.5 Å². The molecule has 0 bridgehead atoms. The van der Waals surface area contributed by atoms with Crippen LogP contribution in [0.2, 0.25) is 0 Å². The summed E-state index contributed by atoms with van der Waals surface area (Å²) in [5, 5.41) is 2.77. The molecule has 0 aliphatic carbocycles. The van der Waals surface area contributed by atoms with Crippen LogP contribution in [-0.2, 0) is 14.4 Å². The number of nitrogens with one attached hydrogen (secondary N) is 1. The van der Waals surface area contributed by atoms with Gasteiger partial charge < -0.3 is 14.8 Å². The Morgan fingerprint density at radius 2 is 1.84 bits per heavy atom. The third kappa shape index (κ3) is 3.71. The van der Waals surface area contributed by atoms with E-state index in [-0.39, 0.29) is 22.9 Å². The lowest BCUT2D eigenvalue weighted by Gasteiger charge is -2.18. The van der Waals surface area contributed by atoms with Crippen molar-refractivity contribution in [2.24, 2.45) is 0 Å². The second kappa shape index (κ2) is 8.64. The number of thiocarbonyl (C=S) groups is 1. The zero-order valence-electron chi connectivity index (χ0n) is 17.5. The summed E-state index contributed by atoms with van der Waals surface area (Å²) in [7, 11) is 4.60. The van der Waals surface area contributed by atoms with Gasteiger partial charge in [-0.25, -0.2) is 0 Å². The van der Waals surface area contributed by atoms with E-state index in [0.717, 1.165) is 11.8 Å². The largest absolute Gasteiger partial charge is 0.497 e. The quantitative estimate of drug-likeness (QED) is 0.532. The van der Waals surface area contributed by atoms with Crippen LogP contribution in [0, 0.1) is 0 Å². The predicted octanol–water partition coefficient (Wildman–Crippen LogP) is 2.89. The van der Waals surface area contributed by atoms with Crippen molar-refractivity contribution in [3.63, 3.8) is 0 Å². The van der Waals surface area contributed by atoms with Crippen molar-refractivity contribution in [1.29, 1.82) is 0 Å². The van der Waals surface area contributed by atoms with Crippen molar-refractivity contribution in [2.75, 3.05) is 38.0 Å². The number of nitrogens with zero attached hydrogens (tertiary/aromatic N) is 2. The van der Waals surface area contributed by atoms with Crippen LogP contribution < -0.4 is 19.7 Å². The maximum absolute atomic E-state index is 13.3. The van der Waals surface area contributed by atoms with Gasteiger partial charge in [0.25, 0.3) is 11.8 Å². The van der Waals surface area contributed by atoms with Crippen molar-refractivity contribution >= 4 is 63.0 Å². The van der Waals surface area contributed by atoms with Gasteiger partial charge in [-0.15, -0.1) is 0 Å². The van der Waals surface area contributed by atoms with E-state index in [4.69, 9.17) is 21.7 Å². The first-order chi connectivity index (χ1) is 15.3. The lowest BCUT2D eigenvalue weighted by atomic mass is 10.1. The SMILES string of the molecule is COc1ccc(NC(=O)CN2C(=O)C(=C3SC(=S)N(C)C3=O)c3ccccc32)c(OC)c1. The Hall–Kier alpha value is -3.37. The van der Waals surface area contributed by atoms with Gasteiger partial charge in [-0.05, 0) is 18.2 Å². The molecule has 2 aliphatic heterocycles. The summed E-state index contributed by atoms with van der Waals surface area (Å²) in [6.07, 6.45) is 0. The molecule has 0 spiro atoms. The molecule has 1 N–H and O–H groups in total. The number of methoxy groups -OCH3 is 2. The Morgan fingerprint density at radius 3 is 2.50 bits per heavy atom. The lowest BCUT2D eigenvalue weighted by Crippen LogP contribution is -2.35. The molecule has 0 radical (unpaired) electrons. The molecule has 1 fully saturated rings. The summed E-state index contributed by atoms with van der Waals surface area (Å²) in [6, 6.07) is 12.1. The normalized spacial score (nSPS) is 17.7. The second-order valence-corrected chi connectivity index (χ2v) is 8.60. The maximum Gasteiger partial charge on any atom is 0.266 e. The van der Waals surface area contributed by atoms with Crippen LogP contribution >= 0.6 is 24.0 Å². The Morgan fingerprint density at radius 1 is 1.09 bits per heavy atom. The monoisotopic (exact) mass is 469 g/mol. The van der Waals surface area contributed by atoms with Gasteiger partial charge in [0.2, 0.25) is 5.91 Å². The number of likely N-dealkylation sites (N-methyl/N-ethyl adjacent to an activating group) is 1. The fourth-order valence-electron chi connectivity index (χ4n) is 3.48. The smallest absolute Gasteiger partial charge is 0.266 e. The molecule has 2 aliphatic rings. The second-order valence-electron chi connectivity index (χ2n) is 6.96. The average molecular weight is 470 g/mol. The highest BCUT2D eigenvalue weighted by molar-refractivity contribution is 8.26. The number of para-hydroxylation sites is 1. The molecule has 0 aromatic heterocycles. The molecule has 32 heavy (non-hydrogen) atoms. The van der Waals surface area contributed by atoms with Gasteiger partial charge in [-0.3, -0.25) is 24.2 Å². The number of benzene rings is 2. The number of ether oxygens (including phenoxy) is 2. The first kappa shape index (κ1) is 21.8. The van der Waals surface area contributed by atoms with E-state index in [2.05, 4.69) is 5.32 Å². The minimum Gasteiger partial charge on any atom is -0.497 e. The van der Waals surface area contributed by atoms with Gasteiger partial charge in [0.15, 0.2) is 0 Å². The number of hydrogen-bond donors (Lipinski definition) is 1. The molecule has 0 atom stereocenters. The summed E-state index contributed by atoms with van der Waals surface area (Å²) < 4.78 is 10.9. The van der Waals surface area contributed by atoms with Crippen molar-refractivity contribution in [1.82, 2.24) is 4.90 Å². The minimum absolute atomic E-state index is 0.235. The van der Waals surface area contributed by atoms with Crippen LogP contribution in [-0.4, -0.2) is 54.8 Å². The number of thioether (sulfide) groups is 1. The third-order valence-electron chi connectivity index (χ3n) is 5.10. The van der Waals surface area contributed by atoms with Crippen LogP contribution in [0.25, 0.3) is 5.57 Å². The Balaban J connectivity index is 1.63. The summed E-state index contributed by atoms with van der Waals surface area (Å²) in [4.78, 5) is 41.8. The molecule has 4 rings (SSSR count). The molecule has 2 aromatic carbocycles. The average Bonchev–Trinajstić information content (AvgIpc) is 3.21. The molecular formula is C22H19N3O5S2. The Bertz CT molecular complexity index is 1190. The maximum atomic E-state index is 13.3. The summed E-state index contributed by atoms with van der Waals surface area (Å²) in [6.45, 7) is -0.235. The first-order valence-electron chi connectivity index (χ1n) is 9.53. The highest BCUT2D eigenvalue weighted by Gasteiger charge is 2.41. The number of anilines is 2. The Kier molecular flexibility index (Phi) is 5.90. The standard InChI is InChI=1S/C22H19N3O5S2/c1-24-21(28)19(32-22(24)31)18-13-6-4-5-7-15(13)25(20(18)27)11-17(26)23-14-9-8-12(29-2)10-16(14)30-3/h4-10H,11H2,1-3H3,(H,23,26). The van der Waals surface area contributed by atoms with Crippen LogP contribution in [0.1, 0.15) is 5.56 Å². The van der Waals surface area contributed by atoms with Gasteiger partial charge >= 0.3 is 0 Å². The van der Waals surface area contributed by atoms with E-state index in [9.17, 15) is 14.4 Å². The zero-order valence-corrected chi connectivity index (χ0v) is 19.1. The molecular weight excluding hydrogens is 450 g/mol. The van der Waals surface area contributed by atoms with Crippen molar-refractivity contribution in [3.8, 4) is 11.5 Å². The van der Waals surface area contributed by atoms with Gasteiger partial charge in [-0.2, -0.15) is 0 Å². The topological polar surface area (TPSA) is 88.2 Å². The zero-order chi connectivity index (χ0) is 23.0. The lowest BCUT2D eigenvalue weighted by molar-refractivity contribution is -0.121. The van der Waals surface area contributed by atoms with Gasteiger partial charge in [-0.1, -0.05) is 42.2 Å². The van der Waals surface area contributed by atoms with Gasteiger partial charge in [0.05, 0.1) is 36.1 Å². The number of rotatable bonds is 5. The van der Waals surface area contributed by atoms with E-state index in [1.165, 1.54) is 24.0 Å². The van der Waals surface area contributed by atoms with Crippen LogP contribution in [0.4, 0.5) is 11.4 Å². The molecule has 164 valence electrons.